The fourth-order valence-electron chi connectivity index (χ4n) is 4.60. The number of rotatable bonds is 10. The van der Waals surface area contributed by atoms with Gasteiger partial charge in [-0.15, -0.1) is 0 Å². The molecule has 5 rings (SSSR count). The lowest BCUT2D eigenvalue weighted by Crippen LogP contribution is -2.44. The molecule has 244 valence electrons. The van der Waals surface area contributed by atoms with Crippen LogP contribution in [0, 0.1) is 15.5 Å². The number of ether oxygens (including phenoxy) is 1. The van der Waals surface area contributed by atoms with E-state index in [1.807, 2.05) is 41.8 Å². The van der Waals surface area contributed by atoms with Gasteiger partial charge in [0, 0.05) is 36.5 Å². The van der Waals surface area contributed by atoms with Crippen molar-refractivity contribution in [1.82, 2.24) is 30.3 Å². The van der Waals surface area contributed by atoms with Gasteiger partial charge >= 0.3 is 12.1 Å². The average molecular weight is 655 g/mol. The largest absolute Gasteiger partial charge is 0.493 e. The van der Waals surface area contributed by atoms with Gasteiger partial charge in [0.25, 0.3) is 5.69 Å². The van der Waals surface area contributed by atoms with E-state index in [2.05, 4.69) is 20.1 Å². The number of hydrogen-bond acceptors (Lipinski definition) is 12. The molecule has 19 heteroatoms. The Morgan fingerprint density at radius 1 is 1.15 bits per heavy atom. The van der Waals surface area contributed by atoms with Crippen molar-refractivity contribution in [1.29, 1.82) is 5.41 Å². The molecule has 0 fully saturated rings. The van der Waals surface area contributed by atoms with Gasteiger partial charge < -0.3 is 24.8 Å². The lowest BCUT2D eigenvalue weighted by atomic mass is 10.1. The van der Waals surface area contributed by atoms with Crippen molar-refractivity contribution in [3.63, 3.8) is 0 Å². The van der Waals surface area contributed by atoms with Crippen molar-refractivity contribution in [3.05, 3.63) is 70.9 Å². The van der Waals surface area contributed by atoms with Crippen LogP contribution in [0.25, 0.3) is 33.8 Å². The van der Waals surface area contributed by atoms with E-state index < -0.39 is 23.0 Å². The number of nitro benzene ring substituents is 1. The minimum absolute atomic E-state index is 0.0123. The monoisotopic (exact) mass is 654 g/mol. The third kappa shape index (κ3) is 6.87. The number of guanidine groups is 1. The van der Waals surface area contributed by atoms with Crippen molar-refractivity contribution in [2.75, 3.05) is 23.8 Å². The molecule has 0 bridgehead atoms. The first-order valence-electron chi connectivity index (χ1n) is 13.8. The summed E-state index contributed by atoms with van der Waals surface area (Å²) in [5, 5.41) is 26.9. The predicted octanol–water partition coefficient (Wildman–Crippen LogP) is 4.48. The molecular formula is C28H25F3N10O6. The van der Waals surface area contributed by atoms with E-state index in [4.69, 9.17) is 25.5 Å². The predicted molar refractivity (Wildman–Crippen MR) is 160 cm³/mol. The summed E-state index contributed by atoms with van der Waals surface area (Å²) in [4.78, 5) is 36.2. The Labute approximate surface area is 262 Å². The van der Waals surface area contributed by atoms with Crippen LogP contribution in [0.1, 0.15) is 13.3 Å². The van der Waals surface area contributed by atoms with Gasteiger partial charge in [0.1, 0.15) is 11.0 Å². The number of hydroxylamine groups is 1. The van der Waals surface area contributed by atoms with Crippen LogP contribution in [0.4, 0.5) is 30.4 Å². The Kier molecular flexibility index (Phi) is 9.15. The maximum absolute atomic E-state index is 12.6. The number of nitrogen functional groups attached to an aromatic ring is 1. The van der Waals surface area contributed by atoms with Crippen LogP contribution in [-0.2, 0) is 16.2 Å². The van der Waals surface area contributed by atoms with E-state index in [-0.39, 0.29) is 42.5 Å². The fraction of sp³-hybridized carbons (Fsp3) is 0.214. The summed E-state index contributed by atoms with van der Waals surface area (Å²) in [6.07, 6.45) is -3.60. The van der Waals surface area contributed by atoms with Gasteiger partial charge in [-0.25, -0.2) is 19.4 Å². The first-order chi connectivity index (χ1) is 22.5. The van der Waals surface area contributed by atoms with E-state index in [0.29, 0.717) is 34.8 Å². The average Bonchev–Trinajstić information content (AvgIpc) is 3.66. The number of halogens is 3. The number of benzene rings is 2. The molecule has 0 aliphatic heterocycles. The highest BCUT2D eigenvalue weighted by atomic mass is 19.4. The van der Waals surface area contributed by atoms with Gasteiger partial charge in [-0.05, 0) is 35.8 Å². The maximum atomic E-state index is 12.6. The van der Waals surface area contributed by atoms with Crippen molar-refractivity contribution >= 4 is 40.2 Å². The lowest BCUT2D eigenvalue weighted by molar-refractivity contribution is -0.384. The molecule has 0 atom stereocenters. The van der Waals surface area contributed by atoms with Gasteiger partial charge in [-0.1, -0.05) is 30.3 Å². The number of nitro groups is 1. The van der Waals surface area contributed by atoms with Crippen molar-refractivity contribution in [2.24, 2.45) is 0 Å². The number of anilines is 2. The number of nitrogens with two attached hydrogens (primary N) is 1. The number of hydrogen-bond donors (Lipinski definition) is 3. The molecule has 0 aliphatic rings. The summed E-state index contributed by atoms with van der Waals surface area (Å²) >= 11 is 0. The molecule has 0 aliphatic carbocycles. The maximum Gasteiger partial charge on any atom is 0.493 e. The summed E-state index contributed by atoms with van der Waals surface area (Å²) in [6, 6.07) is 14.2. The summed E-state index contributed by atoms with van der Waals surface area (Å²) in [5.41, 5.74) is 10.2. The molecule has 0 saturated carbocycles. The second kappa shape index (κ2) is 13.4. The second-order valence-corrected chi connectivity index (χ2v) is 9.68. The van der Waals surface area contributed by atoms with Gasteiger partial charge in [-0.2, -0.15) is 18.7 Å². The Balaban J connectivity index is 1.41. The second-order valence-electron chi connectivity index (χ2n) is 9.68. The quantitative estimate of drug-likeness (QED) is 0.0624. The van der Waals surface area contributed by atoms with E-state index >= 15 is 0 Å². The van der Waals surface area contributed by atoms with E-state index in [1.54, 1.807) is 5.48 Å². The number of alkyl halides is 3. The molecule has 0 spiro atoms. The Bertz CT molecular complexity index is 1910. The number of carbonyl (C=O) groups is 1. The number of carbonyl (C=O) groups excluding carboxylic acids is 1. The first kappa shape index (κ1) is 32.1. The van der Waals surface area contributed by atoms with Crippen LogP contribution in [0.5, 0.6) is 5.75 Å². The Morgan fingerprint density at radius 2 is 1.87 bits per heavy atom. The van der Waals surface area contributed by atoms with Crippen molar-refractivity contribution in [3.8, 4) is 28.5 Å². The summed E-state index contributed by atoms with van der Waals surface area (Å²) in [5.74, 6) is -2.55. The molecule has 2 aromatic carbocycles. The van der Waals surface area contributed by atoms with E-state index in [0.717, 1.165) is 22.6 Å². The highest BCUT2D eigenvalue weighted by Gasteiger charge is 2.42. The molecule has 3 aromatic heterocycles. The number of pyridine rings is 1. The zero-order valence-electron chi connectivity index (χ0n) is 24.4. The van der Waals surface area contributed by atoms with Crippen molar-refractivity contribution < 1.29 is 37.1 Å². The third-order valence-corrected chi connectivity index (χ3v) is 6.72. The molecule has 0 saturated heterocycles. The van der Waals surface area contributed by atoms with Gasteiger partial charge in [0.05, 0.1) is 23.4 Å². The number of aryl methyl sites for hydroxylation is 1. The molecule has 0 unspecified atom stereocenters. The topological polar surface area (TPSA) is 213 Å². The number of imidazole rings is 1. The smallest absolute Gasteiger partial charge is 0.490 e. The van der Waals surface area contributed by atoms with Gasteiger partial charge in [0.2, 0.25) is 5.96 Å². The molecular weight excluding hydrogens is 629 g/mol. The van der Waals surface area contributed by atoms with Crippen LogP contribution in [0.15, 0.2) is 65.4 Å². The highest BCUT2D eigenvalue weighted by Crippen LogP contribution is 2.36. The molecule has 5 aromatic rings. The summed E-state index contributed by atoms with van der Waals surface area (Å²) in [7, 11) is 0. The fourth-order valence-corrected chi connectivity index (χ4v) is 4.60. The first-order valence-corrected chi connectivity index (χ1v) is 13.8. The number of nitrogens with zero attached hydrogens (tertiary/aromatic N) is 7. The molecule has 47 heavy (non-hydrogen) atoms. The van der Waals surface area contributed by atoms with Crippen molar-refractivity contribution in [2.45, 2.75) is 26.1 Å². The van der Waals surface area contributed by atoms with E-state index in [1.165, 1.54) is 18.3 Å². The Hall–Kier alpha value is -6.27. The summed E-state index contributed by atoms with van der Waals surface area (Å²) in [6.45, 7) is 2.26. The van der Waals surface area contributed by atoms with Gasteiger partial charge in [-0.3, -0.25) is 15.5 Å². The standard InChI is InChI=1S/C28H25F3N10O6/c1-2-39-23-19(15-34-20(16-7-4-3-5-8-16)21(23)35-25(39)22-24(32)37-47-36-22)45-14-6-13-40(17-9-11-18(12-10-17)41(43)44)27(33)38-46-26(42)28(29,30)31/h3-5,7-12,15H,2,6,13-14H2,1H3,(H2,32,37)(H2,33,38). The van der Waals surface area contributed by atoms with Crippen LogP contribution in [-0.4, -0.2) is 61.0 Å². The molecule has 4 N–H and O–H groups in total. The minimum Gasteiger partial charge on any atom is -0.490 e. The molecule has 16 nitrogen and oxygen atoms in total. The molecule has 3 heterocycles. The molecule has 0 radical (unpaired) electrons. The van der Waals surface area contributed by atoms with Crippen LogP contribution in [0.2, 0.25) is 0 Å². The number of nitrogens with one attached hydrogen (secondary N) is 2. The highest BCUT2D eigenvalue weighted by molar-refractivity contribution is 5.96. The van der Waals surface area contributed by atoms with E-state index in [9.17, 15) is 28.1 Å². The lowest BCUT2D eigenvalue weighted by Gasteiger charge is -2.25. The zero-order chi connectivity index (χ0) is 33.7. The summed E-state index contributed by atoms with van der Waals surface area (Å²) < 4.78 is 50.6. The normalized spacial score (nSPS) is 11.3. The number of non-ortho nitro benzene ring substituents is 1. The number of aromatic nitrogens is 5. The van der Waals surface area contributed by atoms with Crippen LogP contribution in [0.3, 0.4) is 0 Å². The zero-order valence-corrected chi connectivity index (χ0v) is 24.4. The van der Waals surface area contributed by atoms with Gasteiger partial charge in [0.15, 0.2) is 23.1 Å². The third-order valence-electron chi connectivity index (χ3n) is 6.72. The SMILES string of the molecule is CCn1c(-c2nonc2N)nc2c(-c3ccccc3)ncc(OCCCN(C(=N)NOC(=O)C(F)(F)F)c3ccc([N+](=O)[O-])cc3)c21. The minimum atomic E-state index is -5.30. The van der Waals surface area contributed by atoms with Crippen LogP contribution >= 0.6 is 0 Å². The Morgan fingerprint density at radius 3 is 2.49 bits per heavy atom. The molecule has 0 amide bonds. The van der Waals surface area contributed by atoms with Crippen LogP contribution < -0.4 is 20.9 Å². The number of fused-ring (bicyclic) bond motifs is 1.